The lowest BCUT2D eigenvalue weighted by atomic mass is 10.3. The first-order chi connectivity index (χ1) is 9.20. The lowest BCUT2D eigenvalue weighted by Gasteiger charge is -2.14. The molecule has 20 heavy (non-hydrogen) atoms. The number of rotatable bonds is 6. The minimum absolute atomic E-state index is 0.0456. The van der Waals surface area contributed by atoms with E-state index in [1.165, 1.54) is 18.7 Å². The molecule has 0 aromatic carbocycles. The van der Waals surface area contributed by atoms with E-state index < -0.39 is 15.1 Å². The van der Waals surface area contributed by atoms with Crippen LogP contribution < -0.4 is 5.32 Å². The molecule has 1 atom stereocenters. The SMILES string of the molecule is COCCNC(=O)C(C)n1nc(C)c(S(=O)(=O)Cl)c1C. The largest absolute Gasteiger partial charge is 0.383 e. The first-order valence-corrected chi connectivity index (χ1v) is 8.28. The van der Waals surface area contributed by atoms with Crippen LogP contribution in [0.4, 0.5) is 0 Å². The van der Waals surface area contributed by atoms with Crippen molar-refractivity contribution in [3.63, 3.8) is 0 Å². The highest BCUT2D eigenvalue weighted by Crippen LogP contribution is 2.25. The molecule has 114 valence electrons. The molecule has 1 unspecified atom stereocenters. The summed E-state index contributed by atoms with van der Waals surface area (Å²) in [5, 5.41) is 6.76. The highest BCUT2D eigenvalue weighted by Gasteiger charge is 2.26. The van der Waals surface area contributed by atoms with Crippen LogP contribution in [-0.2, 0) is 18.6 Å². The van der Waals surface area contributed by atoms with E-state index >= 15 is 0 Å². The maximum atomic E-state index is 11.9. The first kappa shape index (κ1) is 16.9. The topological polar surface area (TPSA) is 90.3 Å². The molecule has 1 aromatic rings. The minimum Gasteiger partial charge on any atom is -0.383 e. The van der Waals surface area contributed by atoms with Gasteiger partial charge in [0.1, 0.15) is 10.9 Å². The van der Waals surface area contributed by atoms with Gasteiger partial charge in [-0.25, -0.2) is 8.42 Å². The van der Waals surface area contributed by atoms with Gasteiger partial charge in [-0.3, -0.25) is 9.48 Å². The molecule has 0 bridgehead atoms. The Bertz CT molecular complexity index is 597. The summed E-state index contributed by atoms with van der Waals surface area (Å²) < 4.78 is 29.2. The standard InChI is InChI=1S/C11H18ClN3O4S/c1-7-10(20(12,17)18)8(2)15(14-7)9(3)11(16)13-5-6-19-4/h9H,5-6H2,1-4H3,(H,13,16). The smallest absolute Gasteiger partial charge is 0.264 e. The summed E-state index contributed by atoms with van der Waals surface area (Å²) in [7, 11) is 3.02. The highest BCUT2D eigenvalue weighted by molar-refractivity contribution is 8.13. The van der Waals surface area contributed by atoms with E-state index in [2.05, 4.69) is 10.4 Å². The van der Waals surface area contributed by atoms with Gasteiger partial charge in [-0.05, 0) is 20.8 Å². The van der Waals surface area contributed by atoms with Crippen molar-refractivity contribution in [3.8, 4) is 0 Å². The van der Waals surface area contributed by atoms with Crippen LogP contribution in [0, 0.1) is 13.8 Å². The maximum Gasteiger partial charge on any atom is 0.264 e. The Balaban J connectivity index is 3.01. The van der Waals surface area contributed by atoms with Gasteiger partial charge < -0.3 is 10.1 Å². The highest BCUT2D eigenvalue weighted by atomic mass is 35.7. The summed E-state index contributed by atoms with van der Waals surface area (Å²) in [6.45, 7) is 5.51. The number of nitrogens with zero attached hydrogens (tertiary/aromatic N) is 2. The van der Waals surface area contributed by atoms with Gasteiger partial charge in [0.05, 0.1) is 18.0 Å². The molecule has 1 rings (SSSR count). The lowest BCUT2D eigenvalue weighted by molar-refractivity contribution is -0.124. The van der Waals surface area contributed by atoms with E-state index in [1.54, 1.807) is 13.8 Å². The average molecular weight is 324 g/mol. The van der Waals surface area contributed by atoms with Crippen LogP contribution in [0.15, 0.2) is 4.90 Å². The number of carbonyl (C=O) groups excluding carboxylic acids is 1. The third-order valence-corrected chi connectivity index (χ3v) is 4.40. The van der Waals surface area contributed by atoms with Gasteiger partial charge >= 0.3 is 0 Å². The number of carbonyl (C=O) groups is 1. The van der Waals surface area contributed by atoms with Crippen molar-refractivity contribution in [2.45, 2.75) is 31.7 Å². The van der Waals surface area contributed by atoms with Gasteiger partial charge in [0.15, 0.2) is 0 Å². The van der Waals surface area contributed by atoms with Crippen molar-refractivity contribution in [2.24, 2.45) is 0 Å². The quantitative estimate of drug-likeness (QED) is 0.616. The zero-order valence-corrected chi connectivity index (χ0v) is 13.4. The van der Waals surface area contributed by atoms with Crippen LogP contribution in [0.25, 0.3) is 0 Å². The summed E-state index contributed by atoms with van der Waals surface area (Å²) in [6.07, 6.45) is 0. The van der Waals surface area contributed by atoms with Crippen LogP contribution in [0.3, 0.4) is 0 Å². The molecule has 0 radical (unpaired) electrons. The van der Waals surface area contributed by atoms with Crippen LogP contribution >= 0.6 is 10.7 Å². The molecule has 7 nitrogen and oxygen atoms in total. The molecule has 0 spiro atoms. The molecule has 1 N–H and O–H groups in total. The normalized spacial score (nSPS) is 13.2. The predicted molar refractivity (Wildman–Crippen MR) is 74.3 cm³/mol. The summed E-state index contributed by atoms with van der Waals surface area (Å²) in [4.78, 5) is 11.9. The second-order valence-corrected chi connectivity index (χ2v) is 6.84. The predicted octanol–water partition coefficient (Wildman–Crippen LogP) is 0.751. The Labute approximate surface area is 122 Å². The Morgan fingerprint density at radius 2 is 2.10 bits per heavy atom. The van der Waals surface area contributed by atoms with Crippen molar-refractivity contribution < 1.29 is 17.9 Å². The van der Waals surface area contributed by atoms with Crippen molar-refractivity contribution in [2.75, 3.05) is 20.3 Å². The number of amides is 1. The second-order valence-electron chi connectivity index (χ2n) is 4.34. The van der Waals surface area contributed by atoms with E-state index in [0.29, 0.717) is 18.8 Å². The molecule has 9 heteroatoms. The summed E-state index contributed by atoms with van der Waals surface area (Å²) in [5.41, 5.74) is 0.612. The fourth-order valence-electron chi connectivity index (χ4n) is 1.91. The fraction of sp³-hybridized carbons (Fsp3) is 0.636. The van der Waals surface area contributed by atoms with E-state index in [9.17, 15) is 13.2 Å². The van der Waals surface area contributed by atoms with E-state index in [-0.39, 0.29) is 16.5 Å². The van der Waals surface area contributed by atoms with E-state index in [1.807, 2.05) is 0 Å². The number of hydrogen-bond acceptors (Lipinski definition) is 5. The first-order valence-electron chi connectivity index (χ1n) is 5.97. The number of nitrogens with one attached hydrogen (secondary N) is 1. The molecule has 1 aromatic heterocycles. The van der Waals surface area contributed by atoms with Crippen LogP contribution in [0.2, 0.25) is 0 Å². The number of hydrogen-bond donors (Lipinski definition) is 1. The van der Waals surface area contributed by atoms with Crippen molar-refractivity contribution in [3.05, 3.63) is 11.4 Å². The minimum atomic E-state index is -3.89. The number of aromatic nitrogens is 2. The number of halogens is 1. The molecular formula is C11H18ClN3O4S. The summed E-state index contributed by atoms with van der Waals surface area (Å²) in [5.74, 6) is -0.272. The monoisotopic (exact) mass is 323 g/mol. The molecule has 1 heterocycles. The molecule has 0 aliphatic rings. The molecule has 0 saturated carbocycles. The maximum absolute atomic E-state index is 11.9. The third-order valence-electron chi connectivity index (χ3n) is 2.85. The Morgan fingerprint density at radius 1 is 1.50 bits per heavy atom. The molecule has 0 saturated heterocycles. The number of aryl methyl sites for hydroxylation is 1. The fourth-order valence-corrected chi connectivity index (χ4v) is 3.42. The molecular weight excluding hydrogens is 306 g/mol. The molecule has 0 aliphatic heterocycles. The van der Waals surface area contributed by atoms with Gasteiger partial charge in [0.25, 0.3) is 9.05 Å². The van der Waals surface area contributed by atoms with Crippen molar-refractivity contribution >= 4 is 25.6 Å². The van der Waals surface area contributed by atoms with E-state index in [4.69, 9.17) is 15.4 Å². The van der Waals surface area contributed by atoms with Gasteiger partial charge in [0, 0.05) is 24.3 Å². The molecule has 1 amide bonds. The summed E-state index contributed by atoms with van der Waals surface area (Å²) >= 11 is 0. The number of ether oxygens (including phenoxy) is 1. The molecule has 0 aliphatic carbocycles. The van der Waals surface area contributed by atoms with Crippen molar-refractivity contribution in [1.82, 2.24) is 15.1 Å². The van der Waals surface area contributed by atoms with Gasteiger partial charge in [-0.15, -0.1) is 0 Å². The Morgan fingerprint density at radius 3 is 2.55 bits per heavy atom. The lowest BCUT2D eigenvalue weighted by Crippen LogP contribution is -2.34. The average Bonchev–Trinajstić information content (AvgIpc) is 2.63. The Hall–Kier alpha value is -1.12. The second kappa shape index (κ2) is 6.55. The van der Waals surface area contributed by atoms with Crippen LogP contribution in [0.5, 0.6) is 0 Å². The van der Waals surface area contributed by atoms with Gasteiger partial charge in [0.2, 0.25) is 5.91 Å². The van der Waals surface area contributed by atoms with E-state index in [0.717, 1.165) is 0 Å². The Kier molecular flexibility index (Phi) is 5.55. The van der Waals surface area contributed by atoms with Crippen molar-refractivity contribution in [1.29, 1.82) is 0 Å². The van der Waals surface area contributed by atoms with Gasteiger partial charge in [-0.1, -0.05) is 0 Å². The number of methoxy groups -OCH3 is 1. The zero-order valence-electron chi connectivity index (χ0n) is 11.8. The van der Waals surface area contributed by atoms with Gasteiger partial charge in [-0.2, -0.15) is 5.10 Å². The third kappa shape index (κ3) is 3.71. The van der Waals surface area contributed by atoms with Crippen LogP contribution in [-0.4, -0.2) is 44.4 Å². The van der Waals surface area contributed by atoms with Crippen LogP contribution in [0.1, 0.15) is 24.4 Å². The zero-order chi connectivity index (χ0) is 15.5. The molecule has 0 fully saturated rings. The summed E-state index contributed by atoms with van der Waals surface area (Å²) in [6, 6.07) is -0.641.